The molecule has 114 valence electrons. The highest BCUT2D eigenvalue weighted by Crippen LogP contribution is 2.22. The lowest BCUT2D eigenvalue weighted by atomic mass is 10.2. The van der Waals surface area contributed by atoms with Crippen molar-refractivity contribution >= 4 is 0 Å². The molecule has 0 atom stereocenters. The van der Waals surface area contributed by atoms with Crippen LogP contribution in [0.3, 0.4) is 0 Å². The summed E-state index contributed by atoms with van der Waals surface area (Å²) in [4.78, 5) is 0. The Morgan fingerprint density at radius 3 is 2.29 bits per heavy atom. The first-order valence-corrected chi connectivity index (χ1v) is 7.11. The monoisotopic (exact) mass is 289 g/mol. The molecule has 5 heteroatoms. The lowest BCUT2D eigenvalue weighted by molar-refractivity contribution is 0.393. The van der Waals surface area contributed by atoms with Crippen LogP contribution >= 0.6 is 0 Å². The molecule has 1 aromatic carbocycles. The largest absolute Gasteiger partial charge is 0.497 e. The van der Waals surface area contributed by atoms with Crippen LogP contribution in [0.5, 0.6) is 11.5 Å². The Kier molecular flexibility index (Phi) is 5.22. The van der Waals surface area contributed by atoms with Crippen LogP contribution in [0.1, 0.15) is 23.7 Å². The minimum atomic E-state index is 0.754. The van der Waals surface area contributed by atoms with Gasteiger partial charge in [-0.1, -0.05) is 0 Å². The van der Waals surface area contributed by atoms with Gasteiger partial charge < -0.3 is 14.8 Å². The third kappa shape index (κ3) is 3.76. The van der Waals surface area contributed by atoms with Crippen LogP contribution in [0.15, 0.2) is 24.4 Å². The molecule has 0 bridgehead atoms. The summed E-state index contributed by atoms with van der Waals surface area (Å²) < 4.78 is 12.6. The molecule has 0 radical (unpaired) electrons. The van der Waals surface area contributed by atoms with Gasteiger partial charge in [-0.25, -0.2) is 0 Å². The first kappa shape index (κ1) is 15.4. The van der Waals surface area contributed by atoms with Gasteiger partial charge >= 0.3 is 0 Å². The molecule has 21 heavy (non-hydrogen) atoms. The minimum Gasteiger partial charge on any atom is -0.497 e. The molecule has 0 spiro atoms. The average Bonchev–Trinajstić information content (AvgIpc) is 2.87. The summed E-state index contributed by atoms with van der Waals surface area (Å²) in [5.74, 6) is 1.61. The van der Waals surface area contributed by atoms with Crippen molar-refractivity contribution in [1.82, 2.24) is 15.1 Å². The van der Waals surface area contributed by atoms with Gasteiger partial charge in [0, 0.05) is 37.0 Å². The number of hydrogen-bond acceptors (Lipinski definition) is 4. The highest BCUT2D eigenvalue weighted by atomic mass is 16.5. The van der Waals surface area contributed by atoms with Crippen molar-refractivity contribution in [3.63, 3.8) is 0 Å². The maximum atomic E-state index is 5.28. The van der Waals surface area contributed by atoms with Gasteiger partial charge in [0.25, 0.3) is 0 Å². The van der Waals surface area contributed by atoms with Crippen molar-refractivity contribution < 1.29 is 9.47 Å². The van der Waals surface area contributed by atoms with E-state index in [0.29, 0.717) is 0 Å². The fraction of sp³-hybridized carbons (Fsp3) is 0.438. The normalized spacial score (nSPS) is 10.7. The van der Waals surface area contributed by atoms with Gasteiger partial charge in [0.05, 0.1) is 20.4 Å². The minimum absolute atomic E-state index is 0.754. The summed E-state index contributed by atoms with van der Waals surface area (Å²) in [6, 6.07) is 5.90. The molecule has 2 aromatic rings. The van der Waals surface area contributed by atoms with Gasteiger partial charge in [0.1, 0.15) is 11.5 Å². The number of benzene rings is 1. The number of rotatable bonds is 7. The zero-order valence-corrected chi connectivity index (χ0v) is 13.1. The van der Waals surface area contributed by atoms with Crippen LogP contribution in [0.2, 0.25) is 0 Å². The predicted octanol–water partition coefficient (Wildman–Crippen LogP) is 2.52. The summed E-state index contributed by atoms with van der Waals surface area (Å²) in [6.07, 6.45) is 1.93. The molecule has 0 fully saturated rings. The lowest BCUT2D eigenvalue weighted by Crippen LogP contribution is -2.13. The molecule has 0 aliphatic heterocycles. The van der Waals surface area contributed by atoms with E-state index < -0.39 is 0 Å². The van der Waals surface area contributed by atoms with Crippen LogP contribution in [0.25, 0.3) is 0 Å². The molecule has 1 aromatic heterocycles. The highest BCUT2D eigenvalue weighted by Gasteiger charge is 2.05. The molecule has 5 nitrogen and oxygen atoms in total. The standard InChI is InChI=1S/C16H23N3O2/c1-5-19-12(2)14(11-18-19)10-17-9-13-6-15(20-3)8-16(7-13)21-4/h6-8,11,17H,5,9-10H2,1-4H3. The van der Waals surface area contributed by atoms with Crippen LogP contribution in [-0.2, 0) is 19.6 Å². The second kappa shape index (κ2) is 7.13. The summed E-state index contributed by atoms with van der Waals surface area (Å²) in [6.45, 7) is 6.65. The Hall–Kier alpha value is -2.01. The summed E-state index contributed by atoms with van der Waals surface area (Å²) >= 11 is 0. The Morgan fingerprint density at radius 1 is 1.10 bits per heavy atom. The number of hydrogen-bond donors (Lipinski definition) is 1. The SMILES string of the molecule is CCn1ncc(CNCc2cc(OC)cc(OC)c2)c1C. The van der Waals surface area contributed by atoms with Crippen molar-refractivity contribution in [3.05, 3.63) is 41.2 Å². The molecular formula is C16H23N3O2. The van der Waals surface area contributed by atoms with E-state index in [9.17, 15) is 0 Å². The quantitative estimate of drug-likeness (QED) is 0.851. The lowest BCUT2D eigenvalue weighted by Gasteiger charge is -2.09. The number of nitrogens with zero attached hydrogens (tertiary/aromatic N) is 2. The van der Waals surface area contributed by atoms with Crippen LogP contribution in [0.4, 0.5) is 0 Å². The second-order valence-electron chi connectivity index (χ2n) is 4.90. The van der Waals surface area contributed by atoms with Crippen molar-refractivity contribution in [1.29, 1.82) is 0 Å². The first-order chi connectivity index (χ1) is 10.2. The molecule has 0 aliphatic rings. The first-order valence-electron chi connectivity index (χ1n) is 7.11. The third-order valence-corrected chi connectivity index (χ3v) is 3.56. The van der Waals surface area contributed by atoms with E-state index in [1.165, 1.54) is 11.3 Å². The fourth-order valence-corrected chi connectivity index (χ4v) is 2.29. The number of nitrogens with one attached hydrogen (secondary N) is 1. The smallest absolute Gasteiger partial charge is 0.122 e. The summed E-state index contributed by atoms with van der Waals surface area (Å²) in [7, 11) is 3.32. The third-order valence-electron chi connectivity index (χ3n) is 3.56. The molecule has 1 N–H and O–H groups in total. The summed E-state index contributed by atoms with van der Waals surface area (Å²) in [5, 5.41) is 7.79. The second-order valence-corrected chi connectivity index (χ2v) is 4.90. The topological polar surface area (TPSA) is 48.3 Å². The van der Waals surface area contributed by atoms with Crippen molar-refractivity contribution in [3.8, 4) is 11.5 Å². The number of ether oxygens (including phenoxy) is 2. The van der Waals surface area contributed by atoms with E-state index in [1.54, 1.807) is 14.2 Å². The van der Waals surface area contributed by atoms with E-state index in [1.807, 2.05) is 29.1 Å². The van der Waals surface area contributed by atoms with Gasteiger partial charge in [-0.15, -0.1) is 0 Å². The molecular weight excluding hydrogens is 266 g/mol. The van der Waals surface area contributed by atoms with E-state index >= 15 is 0 Å². The van der Waals surface area contributed by atoms with Crippen LogP contribution in [-0.4, -0.2) is 24.0 Å². The zero-order chi connectivity index (χ0) is 15.2. The molecule has 0 unspecified atom stereocenters. The molecule has 0 saturated carbocycles. The van der Waals surface area contributed by atoms with E-state index in [0.717, 1.165) is 36.7 Å². The summed E-state index contributed by atoms with van der Waals surface area (Å²) in [5.41, 5.74) is 3.58. The van der Waals surface area contributed by atoms with Gasteiger partial charge in [-0.2, -0.15) is 5.10 Å². The number of aryl methyl sites for hydroxylation is 1. The van der Waals surface area contributed by atoms with Gasteiger partial charge in [-0.05, 0) is 31.5 Å². The zero-order valence-electron chi connectivity index (χ0n) is 13.1. The van der Waals surface area contributed by atoms with E-state index in [4.69, 9.17) is 9.47 Å². The Bertz CT molecular complexity index is 571. The number of aromatic nitrogens is 2. The van der Waals surface area contributed by atoms with Crippen LogP contribution in [0, 0.1) is 6.92 Å². The Morgan fingerprint density at radius 2 is 1.76 bits per heavy atom. The molecule has 2 rings (SSSR count). The average molecular weight is 289 g/mol. The highest BCUT2D eigenvalue weighted by molar-refractivity contribution is 5.38. The maximum Gasteiger partial charge on any atom is 0.122 e. The van der Waals surface area contributed by atoms with Crippen molar-refractivity contribution in [2.45, 2.75) is 33.5 Å². The Balaban J connectivity index is 1.98. The predicted molar refractivity (Wildman–Crippen MR) is 82.7 cm³/mol. The van der Waals surface area contributed by atoms with Crippen molar-refractivity contribution in [2.24, 2.45) is 0 Å². The molecule has 1 heterocycles. The van der Waals surface area contributed by atoms with Crippen molar-refractivity contribution in [2.75, 3.05) is 14.2 Å². The fourth-order valence-electron chi connectivity index (χ4n) is 2.29. The molecule has 0 saturated heterocycles. The maximum absolute atomic E-state index is 5.28. The van der Waals surface area contributed by atoms with Crippen LogP contribution < -0.4 is 14.8 Å². The van der Waals surface area contributed by atoms with Gasteiger partial charge in [0.15, 0.2) is 0 Å². The molecule has 0 amide bonds. The number of methoxy groups -OCH3 is 2. The van der Waals surface area contributed by atoms with Gasteiger partial charge in [0.2, 0.25) is 0 Å². The molecule has 0 aliphatic carbocycles. The van der Waals surface area contributed by atoms with Gasteiger partial charge in [-0.3, -0.25) is 4.68 Å². The Labute approximate surface area is 125 Å². The van der Waals surface area contributed by atoms with E-state index in [2.05, 4.69) is 24.3 Å². The van der Waals surface area contributed by atoms with E-state index in [-0.39, 0.29) is 0 Å².